The molecule has 0 saturated carbocycles. The first-order valence-corrected chi connectivity index (χ1v) is 10.1. The molecular formula is C20H33ClN4O2. The predicted octanol–water partition coefficient (Wildman–Crippen LogP) is 2.56. The first-order chi connectivity index (χ1) is 13.2. The Morgan fingerprint density at radius 2 is 2.19 bits per heavy atom. The molecular weight excluding hydrogens is 364 g/mol. The van der Waals surface area contributed by atoms with Crippen molar-refractivity contribution < 1.29 is 9.47 Å². The van der Waals surface area contributed by atoms with Gasteiger partial charge in [-0.1, -0.05) is 17.7 Å². The number of hydrogen-bond donors (Lipinski definition) is 2. The average molecular weight is 397 g/mol. The minimum Gasteiger partial charge on any atom is -0.497 e. The van der Waals surface area contributed by atoms with Crippen LogP contribution in [0.15, 0.2) is 23.2 Å². The van der Waals surface area contributed by atoms with Crippen molar-refractivity contribution in [3.63, 3.8) is 0 Å². The molecule has 2 rings (SSSR count). The van der Waals surface area contributed by atoms with Gasteiger partial charge in [0.05, 0.1) is 20.3 Å². The number of rotatable bonds is 10. The first-order valence-electron chi connectivity index (χ1n) is 9.75. The van der Waals surface area contributed by atoms with Crippen molar-refractivity contribution in [3.8, 4) is 5.75 Å². The molecule has 1 atom stereocenters. The molecule has 0 bridgehead atoms. The molecule has 152 valence electrons. The van der Waals surface area contributed by atoms with E-state index < -0.39 is 0 Å². The normalized spacial score (nSPS) is 17.9. The predicted molar refractivity (Wildman–Crippen MR) is 112 cm³/mol. The van der Waals surface area contributed by atoms with Crippen LogP contribution in [0.25, 0.3) is 0 Å². The van der Waals surface area contributed by atoms with Crippen LogP contribution in [-0.2, 0) is 11.2 Å². The number of halogens is 1. The van der Waals surface area contributed by atoms with Crippen LogP contribution in [0, 0.1) is 0 Å². The topological polar surface area (TPSA) is 58.1 Å². The Hall–Kier alpha value is -1.50. The van der Waals surface area contributed by atoms with Gasteiger partial charge in [0, 0.05) is 37.8 Å². The quantitative estimate of drug-likeness (QED) is 0.470. The summed E-state index contributed by atoms with van der Waals surface area (Å²) in [5.41, 5.74) is 1.10. The van der Waals surface area contributed by atoms with Crippen molar-refractivity contribution in [1.82, 2.24) is 15.5 Å². The van der Waals surface area contributed by atoms with Crippen LogP contribution in [0.2, 0.25) is 5.02 Å². The van der Waals surface area contributed by atoms with Crippen molar-refractivity contribution in [2.45, 2.75) is 32.2 Å². The Morgan fingerprint density at radius 3 is 2.89 bits per heavy atom. The van der Waals surface area contributed by atoms with E-state index in [9.17, 15) is 0 Å². The second-order valence-electron chi connectivity index (χ2n) is 6.68. The summed E-state index contributed by atoms with van der Waals surface area (Å²) in [6.45, 7) is 7.41. The molecule has 2 N–H and O–H groups in total. The van der Waals surface area contributed by atoms with Gasteiger partial charge in [-0.15, -0.1) is 0 Å². The summed E-state index contributed by atoms with van der Waals surface area (Å²) in [6.07, 6.45) is 3.27. The van der Waals surface area contributed by atoms with Crippen LogP contribution < -0.4 is 15.4 Å². The zero-order chi connectivity index (χ0) is 19.5. The highest BCUT2D eigenvalue weighted by Gasteiger charge is 2.23. The number of guanidine groups is 1. The molecule has 1 aliphatic heterocycles. The first kappa shape index (κ1) is 21.8. The molecule has 0 aliphatic carbocycles. The number of likely N-dealkylation sites (tertiary alicyclic amines) is 1. The molecule has 1 unspecified atom stereocenters. The second kappa shape index (κ2) is 12.1. The summed E-state index contributed by atoms with van der Waals surface area (Å²) in [5.74, 6) is 1.64. The smallest absolute Gasteiger partial charge is 0.191 e. The maximum Gasteiger partial charge on any atom is 0.191 e. The lowest BCUT2D eigenvalue weighted by molar-refractivity contribution is 0.142. The summed E-state index contributed by atoms with van der Waals surface area (Å²) in [4.78, 5) is 7.27. The maximum absolute atomic E-state index is 6.32. The van der Waals surface area contributed by atoms with Gasteiger partial charge in [-0.3, -0.25) is 9.89 Å². The summed E-state index contributed by atoms with van der Waals surface area (Å²) in [6, 6.07) is 6.31. The standard InChI is InChI=1S/C20H33ClN4O2/c1-4-22-20(24-15-17-6-5-11-25(17)12-13-26-2)23-10-9-16-7-8-18(27-3)14-19(16)21/h7-8,14,17H,4-6,9-13,15H2,1-3H3,(H2,22,23,24). The second-order valence-corrected chi connectivity index (χ2v) is 7.09. The SMILES string of the molecule is CCNC(=NCC1CCCN1CCOC)NCCc1ccc(OC)cc1Cl. The van der Waals surface area contributed by atoms with Crippen LogP contribution in [0.4, 0.5) is 0 Å². The minimum atomic E-state index is 0.506. The van der Waals surface area contributed by atoms with Crippen molar-refractivity contribution in [3.05, 3.63) is 28.8 Å². The summed E-state index contributed by atoms with van der Waals surface area (Å²) >= 11 is 6.32. The van der Waals surface area contributed by atoms with E-state index in [2.05, 4.69) is 22.5 Å². The van der Waals surface area contributed by atoms with Crippen LogP contribution in [0.5, 0.6) is 5.75 Å². The van der Waals surface area contributed by atoms with Gasteiger partial charge in [0.2, 0.25) is 0 Å². The molecule has 1 saturated heterocycles. The van der Waals surface area contributed by atoms with Gasteiger partial charge in [-0.2, -0.15) is 0 Å². The van der Waals surface area contributed by atoms with Crippen molar-refractivity contribution in [2.75, 3.05) is 53.6 Å². The number of aliphatic imine (C=N–C) groups is 1. The zero-order valence-corrected chi connectivity index (χ0v) is 17.5. The summed E-state index contributed by atoms with van der Waals surface area (Å²) < 4.78 is 10.4. The third-order valence-electron chi connectivity index (χ3n) is 4.83. The summed E-state index contributed by atoms with van der Waals surface area (Å²) in [7, 11) is 3.40. The Labute approximate surface area is 168 Å². The van der Waals surface area contributed by atoms with Gasteiger partial charge in [0.1, 0.15) is 5.75 Å². The molecule has 1 fully saturated rings. The number of benzene rings is 1. The summed E-state index contributed by atoms with van der Waals surface area (Å²) in [5, 5.41) is 7.47. The zero-order valence-electron chi connectivity index (χ0n) is 16.8. The number of hydrogen-bond acceptors (Lipinski definition) is 4. The lowest BCUT2D eigenvalue weighted by Crippen LogP contribution is -2.40. The van der Waals surface area contributed by atoms with Crippen LogP contribution >= 0.6 is 11.6 Å². The third kappa shape index (κ3) is 7.20. The third-order valence-corrected chi connectivity index (χ3v) is 5.18. The Morgan fingerprint density at radius 1 is 1.33 bits per heavy atom. The van der Waals surface area contributed by atoms with Crippen molar-refractivity contribution >= 4 is 17.6 Å². The van der Waals surface area contributed by atoms with E-state index in [-0.39, 0.29) is 0 Å². The molecule has 1 aromatic rings. The van der Waals surface area contributed by atoms with E-state index in [4.69, 9.17) is 26.1 Å². The average Bonchev–Trinajstić information content (AvgIpc) is 3.12. The van der Waals surface area contributed by atoms with E-state index in [0.29, 0.717) is 6.04 Å². The molecule has 0 radical (unpaired) electrons. The lowest BCUT2D eigenvalue weighted by atomic mass is 10.1. The van der Waals surface area contributed by atoms with E-state index >= 15 is 0 Å². The number of ether oxygens (including phenoxy) is 2. The molecule has 6 nitrogen and oxygen atoms in total. The number of nitrogens with zero attached hydrogens (tertiary/aromatic N) is 2. The molecule has 1 aromatic carbocycles. The monoisotopic (exact) mass is 396 g/mol. The van der Waals surface area contributed by atoms with E-state index in [1.807, 2.05) is 18.2 Å². The molecule has 1 heterocycles. The minimum absolute atomic E-state index is 0.506. The molecule has 1 aliphatic rings. The van der Waals surface area contributed by atoms with Crippen LogP contribution in [0.3, 0.4) is 0 Å². The van der Waals surface area contributed by atoms with Gasteiger partial charge < -0.3 is 20.1 Å². The number of methoxy groups -OCH3 is 2. The van der Waals surface area contributed by atoms with Gasteiger partial charge in [0.25, 0.3) is 0 Å². The van der Waals surface area contributed by atoms with E-state index in [0.717, 1.165) is 68.0 Å². The number of nitrogens with one attached hydrogen (secondary N) is 2. The maximum atomic E-state index is 6.32. The van der Waals surface area contributed by atoms with E-state index in [1.165, 1.54) is 12.8 Å². The largest absolute Gasteiger partial charge is 0.497 e. The Balaban J connectivity index is 1.84. The highest BCUT2D eigenvalue weighted by atomic mass is 35.5. The van der Waals surface area contributed by atoms with Crippen LogP contribution in [-0.4, -0.2) is 70.5 Å². The fourth-order valence-electron chi connectivity index (χ4n) is 3.32. The fraction of sp³-hybridized carbons (Fsp3) is 0.650. The van der Waals surface area contributed by atoms with Crippen LogP contribution in [0.1, 0.15) is 25.3 Å². The molecule has 0 spiro atoms. The Kier molecular flexibility index (Phi) is 9.73. The van der Waals surface area contributed by atoms with Crippen molar-refractivity contribution in [2.24, 2.45) is 4.99 Å². The van der Waals surface area contributed by atoms with E-state index in [1.54, 1.807) is 14.2 Å². The van der Waals surface area contributed by atoms with Gasteiger partial charge in [-0.25, -0.2) is 0 Å². The van der Waals surface area contributed by atoms with Crippen molar-refractivity contribution in [1.29, 1.82) is 0 Å². The molecule has 7 heteroatoms. The highest BCUT2D eigenvalue weighted by molar-refractivity contribution is 6.31. The molecule has 0 aromatic heterocycles. The fourth-order valence-corrected chi connectivity index (χ4v) is 3.58. The van der Waals surface area contributed by atoms with Gasteiger partial charge in [0.15, 0.2) is 5.96 Å². The lowest BCUT2D eigenvalue weighted by Gasteiger charge is -2.23. The van der Waals surface area contributed by atoms with Gasteiger partial charge in [-0.05, 0) is 50.4 Å². The Bertz CT molecular complexity index is 597. The molecule has 0 amide bonds. The molecule has 27 heavy (non-hydrogen) atoms. The van der Waals surface area contributed by atoms with Gasteiger partial charge >= 0.3 is 0 Å². The highest BCUT2D eigenvalue weighted by Crippen LogP contribution is 2.22.